The highest BCUT2D eigenvalue weighted by Crippen LogP contribution is 2.25. The average molecular weight is 418 g/mol. The van der Waals surface area contributed by atoms with E-state index < -0.39 is 16.0 Å². The molecule has 0 aromatic heterocycles. The number of carbonyl (C=O) groups excluding carboxylic acids is 1. The van der Waals surface area contributed by atoms with Crippen LogP contribution in [-0.2, 0) is 21.5 Å². The summed E-state index contributed by atoms with van der Waals surface area (Å²) in [6.07, 6.45) is 1.30. The van der Waals surface area contributed by atoms with Gasteiger partial charge in [-0.25, -0.2) is 0 Å². The first-order valence-electron chi connectivity index (χ1n) is 9.02. The molecule has 0 aliphatic heterocycles. The second-order valence-electron chi connectivity index (χ2n) is 6.23. The normalized spacial score (nSPS) is 11.4. The molecule has 6 nitrogen and oxygen atoms in total. The Balaban J connectivity index is 1.82. The van der Waals surface area contributed by atoms with Crippen LogP contribution in [0.3, 0.4) is 0 Å². The van der Waals surface area contributed by atoms with Crippen molar-refractivity contribution < 1.29 is 17.4 Å². The van der Waals surface area contributed by atoms with Crippen molar-refractivity contribution in [2.24, 2.45) is 0 Å². The number of para-hydroxylation sites is 1. The van der Waals surface area contributed by atoms with Gasteiger partial charge < -0.3 is 9.50 Å². The van der Waals surface area contributed by atoms with Crippen molar-refractivity contribution in [3.8, 4) is 11.8 Å². The number of hydrogen-bond donors (Lipinski definition) is 1. The fourth-order valence-corrected chi connectivity index (χ4v) is 3.58. The molecule has 0 radical (unpaired) electrons. The van der Waals surface area contributed by atoms with E-state index in [-0.39, 0.29) is 22.8 Å². The molecule has 150 valence electrons. The highest BCUT2D eigenvalue weighted by molar-refractivity contribution is 7.87. The van der Waals surface area contributed by atoms with E-state index in [1.807, 2.05) is 36.4 Å². The van der Waals surface area contributed by atoms with Gasteiger partial charge in [-0.3, -0.25) is 4.79 Å². The van der Waals surface area contributed by atoms with Gasteiger partial charge >= 0.3 is 10.1 Å². The maximum atomic E-state index is 12.5. The van der Waals surface area contributed by atoms with Crippen molar-refractivity contribution in [2.75, 3.05) is 0 Å². The largest absolute Gasteiger partial charge is 0.378 e. The molecule has 0 atom stereocenters. The molecular formula is C23H18N2O4S. The molecule has 0 heterocycles. The second-order valence-corrected chi connectivity index (χ2v) is 7.77. The number of nitrogens with one attached hydrogen (secondary N) is 1. The van der Waals surface area contributed by atoms with Gasteiger partial charge in [0, 0.05) is 12.1 Å². The number of nitriles is 1. The predicted molar refractivity (Wildman–Crippen MR) is 113 cm³/mol. The van der Waals surface area contributed by atoms with E-state index >= 15 is 0 Å². The summed E-state index contributed by atoms with van der Waals surface area (Å²) in [6, 6.07) is 25.1. The van der Waals surface area contributed by atoms with E-state index in [9.17, 15) is 18.5 Å². The highest BCUT2D eigenvalue weighted by atomic mass is 32.2. The first kappa shape index (κ1) is 20.8. The zero-order valence-corrected chi connectivity index (χ0v) is 16.7. The molecule has 3 aromatic rings. The first-order chi connectivity index (χ1) is 14.5. The predicted octanol–water partition coefficient (Wildman–Crippen LogP) is 3.68. The van der Waals surface area contributed by atoms with Gasteiger partial charge in [-0.05, 0) is 29.8 Å². The molecule has 0 saturated carbocycles. The average Bonchev–Trinajstić information content (AvgIpc) is 2.78. The zero-order chi connectivity index (χ0) is 21.4. The van der Waals surface area contributed by atoms with Crippen LogP contribution in [0.5, 0.6) is 5.75 Å². The lowest BCUT2D eigenvalue weighted by molar-refractivity contribution is -0.117. The van der Waals surface area contributed by atoms with Crippen molar-refractivity contribution in [1.82, 2.24) is 5.32 Å². The van der Waals surface area contributed by atoms with Crippen LogP contribution in [0.4, 0.5) is 0 Å². The number of rotatable bonds is 7. The summed E-state index contributed by atoms with van der Waals surface area (Å²) < 4.78 is 30.3. The van der Waals surface area contributed by atoms with Gasteiger partial charge in [-0.1, -0.05) is 66.7 Å². The summed E-state index contributed by atoms with van der Waals surface area (Å²) in [6.45, 7) is 0.263. The SMILES string of the molecule is N#C/C(=C/c1ccccc1OS(=O)(=O)c1ccccc1)C(=O)NCc1ccccc1. The van der Waals surface area contributed by atoms with Crippen LogP contribution in [0.25, 0.3) is 6.08 Å². The topological polar surface area (TPSA) is 96.3 Å². The summed E-state index contributed by atoms with van der Waals surface area (Å²) >= 11 is 0. The van der Waals surface area contributed by atoms with Gasteiger partial charge in [-0.15, -0.1) is 0 Å². The molecule has 3 aromatic carbocycles. The van der Waals surface area contributed by atoms with Crippen molar-refractivity contribution in [1.29, 1.82) is 5.26 Å². The van der Waals surface area contributed by atoms with Crippen molar-refractivity contribution >= 4 is 22.1 Å². The molecule has 0 fully saturated rings. The van der Waals surface area contributed by atoms with Crippen LogP contribution in [0.2, 0.25) is 0 Å². The molecule has 0 saturated heterocycles. The maximum absolute atomic E-state index is 12.5. The third-order valence-corrected chi connectivity index (χ3v) is 5.36. The number of amides is 1. The fourth-order valence-electron chi connectivity index (χ4n) is 2.61. The van der Waals surface area contributed by atoms with Crippen LogP contribution in [0.1, 0.15) is 11.1 Å². The van der Waals surface area contributed by atoms with E-state index in [0.717, 1.165) is 5.56 Å². The highest BCUT2D eigenvalue weighted by Gasteiger charge is 2.18. The second kappa shape index (κ2) is 9.54. The fraction of sp³-hybridized carbons (Fsp3) is 0.0435. The minimum absolute atomic E-state index is 0.00453. The molecule has 0 aliphatic rings. The third kappa shape index (κ3) is 5.34. The zero-order valence-electron chi connectivity index (χ0n) is 15.9. The summed E-state index contributed by atoms with van der Waals surface area (Å²) in [5.41, 5.74) is 1.02. The minimum atomic E-state index is -4.06. The van der Waals surface area contributed by atoms with E-state index in [4.69, 9.17) is 4.18 Å². The molecule has 0 spiro atoms. The van der Waals surface area contributed by atoms with Crippen LogP contribution in [0, 0.1) is 11.3 Å². The standard InChI is InChI=1S/C23H18N2O4S/c24-16-20(23(26)25-17-18-9-3-1-4-10-18)15-19-11-7-8-14-22(19)29-30(27,28)21-12-5-2-6-13-21/h1-15H,17H2,(H,25,26)/b20-15-. The summed E-state index contributed by atoms with van der Waals surface area (Å²) in [5.74, 6) is -0.549. The quantitative estimate of drug-likeness (QED) is 0.359. The van der Waals surface area contributed by atoms with E-state index in [0.29, 0.717) is 5.56 Å². The summed E-state index contributed by atoms with van der Waals surface area (Å²) in [7, 11) is -4.06. The number of hydrogen-bond acceptors (Lipinski definition) is 5. The number of carbonyl (C=O) groups is 1. The van der Waals surface area contributed by atoms with E-state index in [1.165, 1.54) is 24.3 Å². The van der Waals surface area contributed by atoms with Gasteiger partial charge in [0.15, 0.2) is 0 Å². The van der Waals surface area contributed by atoms with Crippen LogP contribution in [-0.4, -0.2) is 14.3 Å². The van der Waals surface area contributed by atoms with Gasteiger partial charge in [0.1, 0.15) is 22.3 Å². The molecule has 0 aliphatic carbocycles. The minimum Gasteiger partial charge on any atom is -0.378 e. The Morgan fingerprint density at radius 3 is 2.20 bits per heavy atom. The smallest absolute Gasteiger partial charge is 0.339 e. The summed E-state index contributed by atoms with van der Waals surface area (Å²) in [4.78, 5) is 12.4. The molecule has 3 rings (SSSR count). The molecular weight excluding hydrogens is 400 g/mol. The number of benzene rings is 3. The van der Waals surface area contributed by atoms with Crippen LogP contribution >= 0.6 is 0 Å². The van der Waals surface area contributed by atoms with Crippen molar-refractivity contribution in [2.45, 2.75) is 11.4 Å². The van der Waals surface area contributed by atoms with Crippen LogP contribution in [0.15, 0.2) is 95.4 Å². The molecule has 30 heavy (non-hydrogen) atoms. The van der Waals surface area contributed by atoms with Gasteiger partial charge in [-0.2, -0.15) is 13.7 Å². The van der Waals surface area contributed by atoms with Crippen molar-refractivity contribution in [3.63, 3.8) is 0 Å². The third-order valence-electron chi connectivity index (χ3n) is 4.11. The molecule has 0 bridgehead atoms. The van der Waals surface area contributed by atoms with Gasteiger partial charge in [0.25, 0.3) is 5.91 Å². The summed E-state index contributed by atoms with van der Waals surface area (Å²) in [5, 5.41) is 12.1. The van der Waals surface area contributed by atoms with Crippen LogP contribution < -0.4 is 9.50 Å². The van der Waals surface area contributed by atoms with E-state index in [2.05, 4.69) is 5.32 Å². The molecule has 1 N–H and O–H groups in total. The Bertz CT molecular complexity index is 1200. The lowest BCUT2D eigenvalue weighted by atomic mass is 10.1. The Morgan fingerprint density at radius 2 is 1.53 bits per heavy atom. The van der Waals surface area contributed by atoms with Crippen molar-refractivity contribution in [3.05, 3.63) is 102 Å². The van der Waals surface area contributed by atoms with Gasteiger partial charge in [0.2, 0.25) is 0 Å². The lowest BCUT2D eigenvalue weighted by Crippen LogP contribution is -2.23. The van der Waals surface area contributed by atoms with Gasteiger partial charge in [0.05, 0.1) is 0 Å². The Kier molecular flexibility index (Phi) is 6.63. The first-order valence-corrected chi connectivity index (χ1v) is 10.4. The molecule has 0 unspecified atom stereocenters. The molecule has 7 heteroatoms. The Hall–Kier alpha value is -3.89. The van der Waals surface area contributed by atoms with E-state index in [1.54, 1.807) is 36.4 Å². The lowest BCUT2D eigenvalue weighted by Gasteiger charge is -2.10. The Morgan fingerprint density at radius 1 is 0.933 bits per heavy atom. The maximum Gasteiger partial charge on any atom is 0.339 e. The number of nitrogens with zero attached hydrogens (tertiary/aromatic N) is 1. The molecule has 1 amide bonds. The monoisotopic (exact) mass is 418 g/mol. The Labute approximate surface area is 175 Å².